The van der Waals surface area contributed by atoms with Crippen LogP contribution in [-0.4, -0.2) is 10.2 Å². The molecule has 0 saturated heterocycles. The predicted octanol–water partition coefficient (Wildman–Crippen LogP) is 2.85. The monoisotopic (exact) mass is 190 g/mol. The second-order valence-corrected chi connectivity index (χ2v) is 5.46. The van der Waals surface area contributed by atoms with Crippen molar-refractivity contribution in [1.29, 1.82) is 0 Å². The number of nitrogens with zero attached hydrogens (tertiary/aromatic N) is 2. The molecule has 0 unspecified atom stereocenters. The highest BCUT2D eigenvalue weighted by atomic mass is 15.1. The van der Waals surface area contributed by atoms with Gasteiger partial charge in [-0.3, -0.25) is 0 Å². The number of rotatable bonds is 2. The molecule has 0 aromatic carbocycles. The van der Waals surface area contributed by atoms with Crippen LogP contribution < -0.4 is 0 Å². The third-order valence-corrected chi connectivity index (χ3v) is 3.63. The molecular formula is C12H18N2. The summed E-state index contributed by atoms with van der Waals surface area (Å²) in [6, 6.07) is 2.08. The van der Waals surface area contributed by atoms with Crippen molar-refractivity contribution in [3.8, 4) is 0 Å². The molecule has 2 rings (SSSR count). The molecule has 1 aromatic heterocycles. The van der Waals surface area contributed by atoms with Gasteiger partial charge >= 0.3 is 0 Å². The first-order valence-corrected chi connectivity index (χ1v) is 5.29. The van der Waals surface area contributed by atoms with Crippen molar-refractivity contribution in [3.63, 3.8) is 0 Å². The molecule has 0 atom stereocenters. The first-order valence-electron chi connectivity index (χ1n) is 5.29. The van der Waals surface area contributed by atoms with E-state index in [1.165, 1.54) is 18.4 Å². The summed E-state index contributed by atoms with van der Waals surface area (Å²) in [5, 5.41) is 7.74. The topological polar surface area (TPSA) is 25.8 Å². The van der Waals surface area contributed by atoms with Crippen LogP contribution in [0, 0.1) is 10.8 Å². The zero-order chi connectivity index (χ0) is 10.2. The van der Waals surface area contributed by atoms with Gasteiger partial charge in [0.1, 0.15) is 0 Å². The second kappa shape index (κ2) is 3.04. The van der Waals surface area contributed by atoms with Gasteiger partial charge in [0, 0.05) is 6.20 Å². The first-order chi connectivity index (χ1) is 6.54. The smallest absolute Gasteiger partial charge is 0.0528 e. The van der Waals surface area contributed by atoms with Crippen LogP contribution in [-0.2, 0) is 6.42 Å². The summed E-state index contributed by atoms with van der Waals surface area (Å²) >= 11 is 0. The van der Waals surface area contributed by atoms with E-state index in [1.54, 1.807) is 6.20 Å². The fourth-order valence-electron chi connectivity index (χ4n) is 2.16. The van der Waals surface area contributed by atoms with E-state index < -0.39 is 0 Å². The Balaban J connectivity index is 2.13. The minimum absolute atomic E-state index is 0.413. The lowest BCUT2D eigenvalue weighted by Crippen LogP contribution is -2.24. The van der Waals surface area contributed by atoms with Gasteiger partial charge in [-0.2, -0.15) is 10.2 Å². The molecule has 1 aromatic rings. The Morgan fingerprint density at radius 2 is 2.00 bits per heavy atom. The Morgan fingerprint density at radius 1 is 1.29 bits per heavy atom. The van der Waals surface area contributed by atoms with Gasteiger partial charge in [-0.15, -0.1) is 0 Å². The zero-order valence-electron chi connectivity index (χ0n) is 9.25. The van der Waals surface area contributed by atoms with Crippen LogP contribution in [0.1, 0.15) is 39.2 Å². The van der Waals surface area contributed by atoms with E-state index in [9.17, 15) is 0 Å². The average Bonchev–Trinajstić information content (AvgIpc) is 2.86. The molecule has 0 spiro atoms. The molecule has 1 fully saturated rings. The van der Waals surface area contributed by atoms with Crippen molar-refractivity contribution in [1.82, 2.24) is 10.2 Å². The van der Waals surface area contributed by atoms with Crippen molar-refractivity contribution >= 4 is 0 Å². The van der Waals surface area contributed by atoms with E-state index in [-0.39, 0.29) is 0 Å². The maximum Gasteiger partial charge on any atom is 0.0528 e. The maximum absolute atomic E-state index is 3.93. The summed E-state index contributed by atoms with van der Waals surface area (Å²) in [6.07, 6.45) is 7.56. The summed E-state index contributed by atoms with van der Waals surface area (Å²) in [7, 11) is 0. The number of hydrogen-bond donors (Lipinski definition) is 0. The van der Waals surface area contributed by atoms with E-state index >= 15 is 0 Å². The van der Waals surface area contributed by atoms with Crippen LogP contribution in [0.3, 0.4) is 0 Å². The fraction of sp³-hybridized carbons (Fsp3) is 0.667. The third-order valence-electron chi connectivity index (χ3n) is 3.63. The van der Waals surface area contributed by atoms with E-state index in [4.69, 9.17) is 0 Å². The Labute approximate surface area is 85.8 Å². The van der Waals surface area contributed by atoms with Crippen LogP contribution in [0.15, 0.2) is 18.5 Å². The number of hydrogen-bond acceptors (Lipinski definition) is 2. The lowest BCUT2D eigenvalue weighted by Gasteiger charge is -2.30. The Bertz CT molecular complexity index is 307. The summed E-state index contributed by atoms with van der Waals surface area (Å²) < 4.78 is 0. The first kappa shape index (κ1) is 9.63. The Morgan fingerprint density at radius 3 is 2.43 bits per heavy atom. The molecule has 14 heavy (non-hydrogen) atoms. The molecule has 1 heterocycles. The van der Waals surface area contributed by atoms with Gasteiger partial charge in [0.05, 0.1) is 6.20 Å². The summed E-state index contributed by atoms with van der Waals surface area (Å²) in [5.74, 6) is 0. The van der Waals surface area contributed by atoms with E-state index in [1.807, 2.05) is 6.20 Å². The van der Waals surface area contributed by atoms with Gasteiger partial charge in [0.25, 0.3) is 0 Å². The molecule has 76 valence electrons. The SMILES string of the molecule is CC(C)(C)C1(Cc2ccnnc2)CC1. The minimum Gasteiger partial charge on any atom is -0.159 e. The molecule has 0 radical (unpaired) electrons. The van der Waals surface area contributed by atoms with Crippen molar-refractivity contribution in [3.05, 3.63) is 24.0 Å². The van der Waals surface area contributed by atoms with Crippen LogP contribution >= 0.6 is 0 Å². The lowest BCUT2D eigenvalue weighted by atomic mass is 9.74. The van der Waals surface area contributed by atoms with E-state index in [2.05, 4.69) is 37.0 Å². The standard InChI is InChI=1S/C12H18N2/c1-11(2,3)12(5-6-12)8-10-4-7-13-14-9-10/h4,7,9H,5-6,8H2,1-3H3. The maximum atomic E-state index is 3.93. The molecule has 1 saturated carbocycles. The normalized spacial score (nSPS) is 19.4. The van der Waals surface area contributed by atoms with Gasteiger partial charge in [-0.1, -0.05) is 20.8 Å². The minimum atomic E-state index is 0.413. The van der Waals surface area contributed by atoms with Crippen molar-refractivity contribution in [2.24, 2.45) is 10.8 Å². The molecule has 0 N–H and O–H groups in total. The van der Waals surface area contributed by atoms with Crippen molar-refractivity contribution in [2.75, 3.05) is 0 Å². The van der Waals surface area contributed by atoms with Crippen molar-refractivity contribution < 1.29 is 0 Å². The summed E-state index contributed by atoms with van der Waals surface area (Å²) in [5.41, 5.74) is 2.26. The highest BCUT2D eigenvalue weighted by Gasteiger charge is 2.51. The molecule has 2 nitrogen and oxygen atoms in total. The van der Waals surface area contributed by atoms with Gasteiger partial charge in [0.15, 0.2) is 0 Å². The number of aromatic nitrogens is 2. The predicted molar refractivity (Wildman–Crippen MR) is 56.9 cm³/mol. The van der Waals surface area contributed by atoms with Crippen LogP contribution in [0.5, 0.6) is 0 Å². The lowest BCUT2D eigenvalue weighted by molar-refractivity contribution is 0.212. The molecule has 0 aliphatic heterocycles. The van der Waals surface area contributed by atoms with Gasteiger partial charge < -0.3 is 0 Å². The highest BCUT2D eigenvalue weighted by Crippen LogP contribution is 2.60. The molecule has 0 amide bonds. The largest absolute Gasteiger partial charge is 0.159 e. The van der Waals surface area contributed by atoms with Gasteiger partial charge in [0.2, 0.25) is 0 Å². The average molecular weight is 190 g/mol. The second-order valence-electron chi connectivity index (χ2n) is 5.46. The van der Waals surface area contributed by atoms with Crippen molar-refractivity contribution in [2.45, 2.75) is 40.0 Å². The zero-order valence-corrected chi connectivity index (χ0v) is 9.25. The van der Waals surface area contributed by atoms with Crippen LogP contribution in [0.25, 0.3) is 0 Å². The molecular weight excluding hydrogens is 172 g/mol. The summed E-state index contributed by atoms with van der Waals surface area (Å²) in [4.78, 5) is 0. The molecule has 2 heteroatoms. The molecule has 0 bridgehead atoms. The molecule has 1 aliphatic rings. The van der Waals surface area contributed by atoms with E-state index in [0.29, 0.717) is 10.8 Å². The van der Waals surface area contributed by atoms with Gasteiger partial charge in [-0.25, -0.2) is 0 Å². The Hall–Kier alpha value is -0.920. The third kappa shape index (κ3) is 1.66. The molecule has 1 aliphatic carbocycles. The highest BCUT2D eigenvalue weighted by molar-refractivity contribution is 5.15. The fourth-order valence-corrected chi connectivity index (χ4v) is 2.16. The van der Waals surface area contributed by atoms with Gasteiger partial charge in [-0.05, 0) is 41.7 Å². The van der Waals surface area contributed by atoms with E-state index in [0.717, 1.165) is 6.42 Å². The summed E-state index contributed by atoms with van der Waals surface area (Å²) in [6.45, 7) is 7.03. The van der Waals surface area contributed by atoms with Crippen LogP contribution in [0.4, 0.5) is 0 Å². The quantitative estimate of drug-likeness (QED) is 0.716. The Kier molecular flexibility index (Phi) is 2.09. The van der Waals surface area contributed by atoms with Crippen LogP contribution in [0.2, 0.25) is 0 Å².